The van der Waals surface area contributed by atoms with Crippen LogP contribution >= 0.6 is 31.9 Å². The van der Waals surface area contributed by atoms with E-state index >= 15 is 0 Å². The summed E-state index contributed by atoms with van der Waals surface area (Å²) in [7, 11) is 3.60. The summed E-state index contributed by atoms with van der Waals surface area (Å²) in [6.07, 6.45) is 0.863. The number of nitrogens with one attached hydrogen (secondary N) is 1. The first kappa shape index (κ1) is 15.6. The predicted octanol–water partition coefficient (Wildman–Crippen LogP) is 4.63. The van der Waals surface area contributed by atoms with E-state index in [1.165, 1.54) is 0 Å². The molecule has 108 valence electrons. The molecule has 1 N–H and O–H groups in total. The van der Waals surface area contributed by atoms with Gasteiger partial charge in [-0.15, -0.1) is 0 Å². The zero-order valence-corrected chi connectivity index (χ0v) is 14.8. The fraction of sp³-hybridized carbons (Fsp3) is 0.333. The number of rotatable bonds is 5. The first-order chi connectivity index (χ1) is 9.55. The lowest BCUT2D eigenvalue weighted by molar-refractivity contribution is 0.412. The van der Waals surface area contributed by atoms with Crippen molar-refractivity contribution in [1.29, 1.82) is 0 Å². The second kappa shape index (κ2) is 6.78. The molecule has 0 amide bonds. The molecule has 2 aromatic rings. The van der Waals surface area contributed by atoms with Gasteiger partial charge >= 0.3 is 0 Å². The van der Waals surface area contributed by atoms with Crippen LogP contribution in [0.4, 0.5) is 0 Å². The summed E-state index contributed by atoms with van der Waals surface area (Å²) in [5.74, 6) is 2.58. The molecule has 1 aromatic heterocycles. The fourth-order valence-electron chi connectivity index (χ4n) is 1.91. The maximum atomic E-state index is 5.92. The number of hydrogen-bond acceptors (Lipinski definition) is 3. The van der Waals surface area contributed by atoms with Crippen molar-refractivity contribution in [3.8, 4) is 17.1 Å². The van der Waals surface area contributed by atoms with Crippen molar-refractivity contribution in [3.63, 3.8) is 0 Å². The molecule has 2 rings (SSSR count). The van der Waals surface area contributed by atoms with Gasteiger partial charge in [0.1, 0.15) is 17.3 Å². The largest absolute Gasteiger partial charge is 0.496 e. The highest BCUT2D eigenvalue weighted by atomic mass is 79.9. The number of hydrogen-bond donors (Lipinski definition) is 1. The first-order valence-corrected chi connectivity index (χ1v) is 7.93. The number of methoxy groups -OCH3 is 1. The lowest BCUT2D eigenvalue weighted by Crippen LogP contribution is -2.23. The molecule has 0 saturated carbocycles. The van der Waals surface area contributed by atoms with E-state index in [2.05, 4.69) is 44.1 Å². The Kier molecular flexibility index (Phi) is 5.29. The summed E-state index contributed by atoms with van der Waals surface area (Å²) >= 11 is 7.03. The van der Waals surface area contributed by atoms with E-state index < -0.39 is 0 Å². The summed E-state index contributed by atoms with van der Waals surface area (Å²) in [6.45, 7) is 2.13. The van der Waals surface area contributed by atoms with E-state index in [0.29, 0.717) is 6.04 Å². The molecular formula is C15H17Br2NO2. The molecule has 3 nitrogen and oxygen atoms in total. The van der Waals surface area contributed by atoms with Crippen LogP contribution in [0.25, 0.3) is 11.3 Å². The SMILES string of the molecule is CNC(C)Cc1ccc(-c2cc(OC)c(Br)cc2Br)o1. The van der Waals surface area contributed by atoms with E-state index in [-0.39, 0.29) is 0 Å². The highest BCUT2D eigenvalue weighted by molar-refractivity contribution is 9.11. The molecule has 20 heavy (non-hydrogen) atoms. The van der Waals surface area contributed by atoms with Crippen LogP contribution in [-0.4, -0.2) is 20.2 Å². The van der Waals surface area contributed by atoms with Crippen LogP contribution in [0.2, 0.25) is 0 Å². The van der Waals surface area contributed by atoms with E-state index in [0.717, 1.165) is 38.2 Å². The quantitative estimate of drug-likeness (QED) is 0.791. The summed E-state index contributed by atoms with van der Waals surface area (Å²) < 4.78 is 13.1. The lowest BCUT2D eigenvalue weighted by Gasteiger charge is -2.09. The topological polar surface area (TPSA) is 34.4 Å². The fourth-order valence-corrected chi connectivity index (χ4v) is 3.26. The van der Waals surface area contributed by atoms with Gasteiger partial charge in [-0.05, 0) is 70.1 Å². The normalized spacial score (nSPS) is 12.4. The molecule has 5 heteroatoms. The molecule has 0 aliphatic carbocycles. The van der Waals surface area contributed by atoms with Crippen LogP contribution in [0, 0.1) is 0 Å². The van der Waals surface area contributed by atoms with Crippen LogP contribution in [-0.2, 0) is 6.42 Å². The first-order valence-electron chi connectivity index (χ1n) is 6.34. The van der Waals surface area contributed by atoms with Crippen molar-refractivity contribution in [3.05, 3.63) is 39.0 Å². The molecule has 0 spiro atoms. The van der Waals surface area contributed by atoms with Gasteiger partial charge in [-0.25, -0.2) is 0 Å². The van der Waals surface area contributed by atoms with Crippen molar-refractivity contribution in [2.75, 3.05) is 14.2 Å². The Morgan fingerprint density at radius 2 is 2.00 bits per heavy atom. The van der Waals surface area contributed by atoms with Gasteiger partial charge in [0.15, 0.2) is 0 Å². The second-order valence-electron chi connectivity index (χ2n) is 4.63. The molecule has 0 aliphatic rings. The van der Waals surface area contributed by atoms with Gasteiger partial charge in [0.25, 0.3) is 0 Å². The second-order valence-corrected chi connectivity index (χ2v) is 6.34. The van der Waals surface area contributed by atoms with Crippen LogP contribution in [0.1, 0.15) is 12.7 Å². The third-order valence-electron chi connectivity index (χ3n) is 3.17. The zero-order valence-electron chi connectivity index (χ0n) is 11.7. The average Bonchev–Trinajstić information content (AvgIpc) is 2.87. The standard InChI is InChI=1S/C15H17Br2NO2/c1-9(18-2)6-10-4-5-14(20-10)11-7-15(19-3)13(17)8-12(11)16/h4-5,7-9,18H,6H2,1-3H3. The van der Waals surface area contributed by atoms with E-state index in [4.69, 9.17) is 9.15 Å². The summed E-state index contributed by atoms with van der Waals surface area (Å²) in [4.78, 5) is 0. The van der Waals surface area contributed by atoms with Gasteiger partial charge in [0.2, 0.25) is 0 Å². The molecule has 1 unspecified atom stereocenters. The molecule has 0 radical (unpaired) electrons. The third kappa shape index (κ3) is 3.45. The number of likely N-dealkylation sites (N-methyl/N-ethyl adjacent to an activating group) is 1. The van der Waals surface area contributed by atoms with Crippen LogP contribution < -0.4 is 10.1 Å². The Hall–Kier alpha value is -0.780. The predicted molar refractivity (Wildman–Crippen MR) is 88.3 cm³/mol. The molecule has 0 aliphatic heterocycles. The minimum atomic E-state index is 0.386. The Labute approximate surface area is 136 Å². The smallest absolute Gasteiger partial charge is 0.135 e. The van der Waals surface area contributed by atoms with Gasteiger partial charge in [-0.3, -0.25) is 0 Å². The van der Waals surface area contributed by atoms with Crippen molar-refractivity contribution in [2.24, 2.45) is 0 Å². The Balaban J connectivity index is 2.32. The Morgan fingerprint density at radius 1 is 1.25 bits per heavy atom. The number of furan rings is 1. The van der Waals surface area contributed by atoms with Crippen molar-refractivity contribution < 1.29 is 9.15 Å². The molecule has 1 aromatic carbocycles. The minimum Gasteiger partial charge on any atom is -0.496 e. The molecule has 1 atom stereocenters. The van der Waals surface area contributed by atoms with Gasteiger partial charge < -0.3 is 14.5 Å². The summed E-state index contributed by atoms with van der Waals surface area (Å²) in [5, 5.41) is 3.20. The lowest BCUT2D eigenvalue weighted by atomic mass is 10.1. The van der Waals surface area contributed by atoms with Gasteiger partial charge in [-0.2, -0.15) is 0 Å². The van der Waals surface area contributed by atoms with Crippen LogP contribution in [0.15, 0.2) is 37.6 Å². The highest BCUT2D eigenvalue weighted by Crippen LogP contribution is 2.37. The molecule has 0 fully saturated rings. The minimum absolute atomic E-state index is 0.386. The van der Waals surface area contributed by atoms with Crippen LogP contribution in [0.3, 0.4) is 0 Å². The van der Waals surface area contributed by atoms with Gasteiger partial charge in [-0.1, -0.05) is 0 Å². The molecule has 0 saturated heterocycles. The maximum Gasteiger partial charge on any atom is 0.135 e. The van der Waals surface area contributed by atoms with E-state index in [9.17, 15) is 0 Å². The Bertz CT molecular complexity index is 596. The number of benzene rings is 1. The summed E-state index contributed by atoms with van der Waals surface area (Å²) in [5.41, 5.74) is 0.980. The monoisotopic (exact) mass is 401 g/mol. The van der Waals surface area contributed by atoms with Crippen molar-refractivity contribution in [1.82, 2.24) is 5.32 Å². The summed E-state index contributed by atoms with van der Waals surface area (Å²) in [6, 6.07) is 8.32. The van der Waals surface area contributed by atoms with Gasteiger partial charge in [0.05, 0.1) is 11.6 Å². The van der Waals surface area contributed by atoms with Crippen LogP contribution in [0.5, 0.6) is 5.75 Å². The van der Waals surface area contributed by atoms with Crippen molar-refractivity contribution in [2.45, 2.75) is 19.4 Å². The molecule has 0 bridgehead atoms. The number of halogens is 2. The Morgan fingerprint density at radius 3 is 2.65 bits per heavy atom. The number of ether oxygens (including phenoxy) is 1. The highest BCUT2D eigenvalue weighted by Gasteiger charge is 2.13. The van der Waals surface area contributed by atoms with E-state index in [1.54, 1.807) is 7.11 Å². The third-order valence-corrected chi connectivity index (χ3v) is 4.44. The molecule has 1 heterocycles. The zero-order chi connectivity index (χ0) is 14.7. The van der Waals surface area contributed by atoms with E-state index in [1.807, 2.05) is 31.3 Å². The van der Waals surface area contributed by atoms with Gasteiger partial charge in [0, 0.05) is 22.5 Å². The van der Waals surface area contributed by atoms with Crippen molar-refractivity contribution >= 4 is 31.9 Å². The molecular weight excluding hydrogens is 386 g/mol. The maximum absolute atomic E-state index is 5.92. The average molecular weight is 403 g/mol.